The Morgan fingerprint density at radius 3 is 2.64 bits per heavy atom. The smallest absolute Gasteiger partial charge is 0.343 e. The van der Waals surface area contributed by atoms with Crippen molar-refractivity contribution in [2.75, 3.05) is 5.73 Å². The van der Waals surface area contributed by atoms with E-state index in [0.29, 0.717) is 17.2 Å². The first-order chi connectivity index (χ1) is 6.66. The third-order valence-corrected chi connectivity index (χ3v) is 1.63. The fraction of sp³-hybridized carbons (Fsp3) is 0. The highest BCUT2D eigenvalue weighted by atomic mass is 16.6. The molecule has 2 aromatic rings. The molecule has 14 heavy (non-hydrogen) atoms. The van der Waals surface area contributed by atoms with Crippen molar-refractivity contribution >= 4 is 11.6 Å². The summed E-state index contributed by atoms with van der Waals surface area (Å²) >= 11 is 0. The molecule has 2 heterocycles. The molecule has 0 aliphatic heterocycles. The van der Waals surface area contributed by atoms with Crippen molar-refractivity contribution in [2.24, 2.45) is 0 Å². The lowest BCUT2D eigenvalue weighted by molar-refractivity contribution is -0.389. The molecule has 8 nitrogen and oxygen atoms in total. The van der Waals surface area contributed by atoms with Gasteiger partial charge in [0.25, 0.3) is 0 Å². The molecular weight excluding hydrogens is 188 g/mol. The summed E-state index contributed by atoms with van der Waals surface area (Å²) < 4.78 is 0. The van der Waals surface area contributed by atoms with Crippen molar-refractivity contribution in [3.63, 3.8) is 0 Å². The Balaban J connectivity index is 2.38. The highest BCUT2D eigenvalue weighted by Crippen LogP contribution is 2.19. The van der Waals surface area contributed by atoms with E-state index in [1.54, 1.807) is 6.07 Å². The molecule has 0 bridgehead atoms. The summed E-state index contributed by atoms with van der Waals surface area (Å²) in [5, 5.41) is 22.6. The zero-order chi connectivity index (χ0) is 10.1. The number of anilines is 1. The van der Waals surface area contributed by atoms with E-state index in [1.807, 2.05) is 0 Å². The highest BCUT2D eigenvalue weighted by Gasteiger charge is 2.12. The fourth-order valence-corrected chi connectivity index (χ4v) is 1.01. The predicted molar refractivity (Wildman–Crippen MR) is 47.2 cm³/mol. The molecule has 0 fully saturated rings. The van der Waals surface area contributed by atoms with Gasteiger partial charge in [0.2, 0.25) is 0 Å². The van der Waals surface area contributed by atoms with Gasteiger partial charge in [-0.3, -0.25) is 5.10 Å². The van der Waals surface area contributed by atoms with E-state index in [0.717, 1.165) is 0 Å². The molecule has 0 aromatic carbocycles. The Morgan fingerprint density at radius 1 is 1.36 bits per heavy atom. The molecule has 0 saturated heterocycles. The van der Waals surface area contributed by atoms with Crippen LogP contribution in [0.4, 0.5) is 11.6 Å². The lowest BCUT2D eigenvalue weighted by Gasteiger charge is -1.84. The van der Waals surface area contributed by atoms with Crippen LogP contribution in [-0.2, 0) is 0 Å². The molecule has 0 atom stereocenters. The van der Waals surface area contributed by atoms with Crippen LogP contribution in [0.25, 0.3) is 11.4 Å². The van der Waals surface area contributed by atoms with Crippen molar-refractivity contribution in [1.82, 2.24) is 20.4 Å². The molecule has 72 valence electrons. The van der Waals surface area contributed by atoms with Gasteiger partial charge in [0.05, 0.1) is 11.8 Å². The summed E-state index contributed by atoms with van der Waals surface area (Å²) in [5.74, 6) is 0.138. The minimum absolute atomic E-state index is 0.173. The average Bonchev–Trinajstić information content (AvgIpc) is 2.70. The minimum atomic E-state index is -0.559. The van der Waals surface area contributed by atoms with Crippen LogP contribution < -0.4 is 5.73 Å². The first-order valence-corrected chi connectivity index (χ1v) is 3.68. The number of rotatable bonds is 2. The number of aromatic amines is 2. The summed E-state index contributed by atoms with van der Waals surface area (Å²) in [4.78, 5) is 9.78. The van der Waals surface area contributed by atoms with E-state index in [2.05, 4.69) is 20.4 Å². The molecule has 0 radical (unpaired) electrons. The monoisotopic (exact) mass is 194 g/mol. The number of nitrogen functional groups attached to an aromatic ring is 1. The number of nitro groups is 1. The van der Waals surface area contributed by atoms with Gasteiger partial charge in [-0.1, -0.05) is 5.10 Å². The second-order valence-electron chi connectivity index (χ2n) is 2.60. The largest absolute Gasteiger partial charge is 0.382 e. The number of nitrogens with one attached hydrogen (secondary N) is 2. The van der Waals surface area contributed by atoms with Gasteiger partial charge in [-0.2, -0.15) is 5.10 Å². The second kappa shape index (κ2) is 2.83. The maximum Gasteiger partial charge on any atom is 0.343 e. The van der Waals surface area contributed by atoms with E-state index >= 15 is 0 Å². The van der Waals surface area contributed by atoms with Crippen LogP contribution in [0, 0.1) is 10.1 Å². The Kier molecular flexibility index (Phi) is 1.67. The van der Waals surface area contributed by atoms with Crippen molar-refractivity contribution in [2.45, 2.75) is 0 Å². The van der Waals surface area contributed by atoms with Gasteiger partial charge in [0.15, 0.2) is 0 Å². The van der Waals surface area contributed by atoms with Gasteiger partial charge in [-0.05, 0) is 4.92 Å². The lowest BCUT2D eigenvalue weighted by atomic mass is 10.3. The molecular formula is C6H6N6O2. The molecule has 0 saturated carbocycles. The van der Waals surface area contributed by atoms with E-state index in [9.17, 15) is 10.1 Å². The Labute approximate surface area is 77.3 Å². The Bertz CT molecular complexity index is 472. The van der Waals surface area contributed by atoms with Crippen LogP contribution in [0.3, 0.4) is 0 Å². The maximum atomic E-state index is 10.3. The first-order valence-electron chi connectivity index (χ1n) is 3.68. The number of nitrogens with zero attached hydrogens (tertiary/aromatic N) is 3. The summed E-state index contributed by atoms with van der Waals surface area (Å²) in [7, 11) is 0. The SMILES string of the molecule is Nc1cc(-c2cc([N+](=O)[O-])[nH]n2)[nH]n1. The third kappa shape index (κ3) is 1.28. The van der Waals surface area contributed by atoms with Gasteiger partial charge in [0.1, 0.15) is 11.5 Å². The van der Waals surface area contributed by atoms with Gasteiger partial charge in [-0.25, -0.2) is 0 Å². The van der Waals surface area contributed by atoms with E-state index in [4.69, 9.17) is 5.73 Å². The van der Waals surface area contributed by atoms with E-state index < -0.39 is 4.92 Å². The second-order valence-corrected chi connectivity index (χ2v) is 2.60. The third-order valence-electron chi connectivity index (χ3n) is 1.63. The van der Waals surface area contributed by atoms with Crippen LogP contribution >= 0.6 is 0 Å². The van der Waals surface area contributed by atoms with Crippen molar-refractivity contribution in [1.29, 1.82) is 0 Å². The maximum absolute atomic E-state index is 10.3. The molecule has 2 aromatic heterocycles. The molecule has 4 N–H and O–H groups in total. The van der Waals surface area contributed by atoms with Gasteiger partial charge in [0, 0.05) is 6.07 Å². The zero-order valence-electron chi connectivity index (χ0n) is 6.89. The van der Waals surface area contributed by atoms with E-state index in [-0.39, 0.29) is 5.82 Å². The number of hydrogen-bond donors (Lipinski definition) is 3. The summed E-state index contributed by atoms with van der Waals surface area (Å²) in [6, 6.07) is 2.84. The normalized spacial score (nSPS) is 10.3. The molecule has 0 unspecified atom stereocenters. The van der Waals surface area contributed by atoms with Crippen LogP contribution in [0.1, 0.15) is 0 Å². The lowest BCUT2D eigenvalue weighted by Crippen LogP contribution is -1.86. The summed E-state index contributed by atoms with van der Waals surface area (Å²) in [6.45, 7) is 0. The number of aromatic nitrogens is 4. The molecule has 0 aliphatic rings. The van der Waals surface area contributed by atoms with Gasteiger partial charge in [-0.15, -0.1) is 5.10 Å². The molecule has 0 aliphatic carbocycles. The van der Waals surface area contributed by atoms with Crippen LogP contribution in [0.2, 0.25) is 0 Å². The molecule has 8 heteroatoms. The predicted octanol–water partition coefficient (Wildman–Crippen LogP) is 0.290. The van der Waals surface area contributed by atoms with Crippen LogP contribution in [0.5, 0.6) is 0 Å². The van der Waals surface area contributed by atoms with Crippen molar-refractivity contribution in [3.8, 4) is 11.4 Å². The summed E-state index contributed by atoms with van der Waals surface area (Å²) in [6.07, 6.45) is 0. The topological polar surface area (TPSA) is 127 Å². The quantitative estimate of drug-likeness (QED) is 0.467. The Hall–Kier alpha value is -2.38. The van der Waals surface area contributed by atoms with Crippen molar-refractivity contribution < 1.29 is 4.92 Å². The van der Waals surface area contributed by atoms with Crippen LogP contribution in [0.15, 0.2) is 12.1 Å². The zero-order valence-corrected chi connectivity index (χ0v) is 6.89. The number of hydrogen-bond acceptors (Lipinski definition) is 5. The molecule has 2 rings (SSSR count). The van der Waals surface area contributed by atoms with Crippen molar-refractivity contribution in [3.05, 3.63) is 22.2 Å². The Morgan fingerprint density at radius 2 is 2.14 bits per heavy atom. The van der Waals surface area contributed by atoms with Gasteiger partial charge >= 0.3 is 5.82 Å². The number of nitrogens with two attached hydrogens (primary N) is 1. The first kappa shape index (κ1) is 8.23. The molecule has 0 amide bonds. The highest BCUT2D eigenvalue weighted by molar-refractivity contribution is 5.59. The fourth-order valence-electron chi connectivity index (χ4n) is 1.01. The average molecular weight is 194 g/mol. The number of H-pyrrole nitrogens is 2. The standard InChI is InChI=1S/C6H6N6O2/c7-5-1-3(8-10-5)4-2-6(11-9-4)12(13)14/h1-2H,(H,9,11)(H3,7,8,10). The molecule has 0 spiro atoms. The van der Waals surface area contributed by atoms with Crippen LogP contribution in [-0.4, -0.2) is 25.3 Å². The van der Waals surface area contributed by atoms with Gasteiger partial charge < -0.3 is 15.8 Å². The van der Waals surface area contributed by atoms with E-state index in [1.165, 1.54) is 6.07 Å². The minimum Gasteiger partial charge on any atom is -0.382 e. The summed E-state index contributed by atoms with van der Waals surface area (Å²) in [5.41, 5.74) is 6.31.